The molecule has 0 aromatic heterocycles. The Morgan fingerprint density at radius 3 is 2.64 bits per heavy atom. The maximum atomic E-state index is 10.3. The van der Waals surface area contributed by atoms with Crippen LogP contribution in [0.4, 0.5) is 0 Å². The van der Waals surface area contributed by atoms with Crippen molar-refractivity contribution in [2.75, 3.05) is 19.6 Å². The first-order valence-corrected chi connectivity index (χ1v) is 4.34. The van der Waals surface area contributed by atoms with Gasteiger partial charge in [0, 0.05) is 0 Å². The summed E-state index contributed by atoms with van der Waals surface area (Å²) in [6.45, 7) is 2.00. The van der Waals surface area contributed by atoms with Crippen molar-refractivity contribution < 1.29 is 4.79 Å². The van der Waals surface area contributed by atoms with Crippen molar-refractivity contribution in [1.29, 1.82) is 0 Å². The third-order valence-corrected chi connectivity index (χ3v) is 1.49. The van der Waals surface area contributed by atoms with E-state index < -0.39 is 0 Å². The molecule has 0 saturated carbocycles. The van der Waals surface area contributed by atoms with Gasteiger partial charge >= 0.3 is 0 Å². The fourth-order valence-corrected chi connectivity index (χ4v) is 0.878. The molecule has 3 nitrogen and oxygen atoms in total. The molecule has 0 bridgehead atoms. The summed E-state index contributed by atoms with van der Waals surface area (Å²) in [6, 6.07) is 0. The highest BCUT2D eigenvalue weighted by molar-refractivity contribution is 7.96. The van der Waals surface area contributed by atoms with Gasteiger partial charge < -0.3 is 11.1 Å². The largest absolute Gasteiger partial charge is 0.330 e. The predicted octanol–water partition coefficient (Wildman–Crippen LogP) is 0.161. The maximum Gasteiger partial charge on any atom is 0.199 e. The van der Waals surface area contributed by atoms with Crippen LogP contribution in [0.2, 0.25) is 0 Å². The first kappa shape index (κ1) is 10.9. The molecule has 0 heterocycles. The van der Waals surface area contributed by atoms with Crippen LogP contribution < -0.4 is 11.1 Å². The van der Waals surface area contributed by atoms with Crippen LogP contribution in [0, 0.1) is 0 Å². The van der Waals surface area contributed by atoms with Gasteiger partial charge in [-0.15, -0.1) is 12.6 Å². The summed E-state index contributed by atoms with van der Waals surface area (Å²) >= 11 is 3.62. The number of hydrogen-bond donors (Lipinski definition) is 3. The summed E-state index contributed by atoms with van der Waals surface area (Å²) in [4.78, 5) is 10.3. The molecule has 3 N–H and O–H groups in total. The highest BCUT2D eigenvalue weighted by atomic mass is 32.1. The lowest BCUT2D eigenvalue weighted by molar-refractivity contribution is -0.110. The van der Waals surface area contributed by atoms with Crippen LogP contribution in [-0.2, 0) is 4.79 Å². The molecule has 0 aliphatic heterocycles. The van der Waals surface area contributed by atoms with E-state index in [2.05, 4.69) is 17.9 Å². The molecular weight excluding hydrogens is 160 g/mol. The third-order valence-electron chi connectivity index (χ3n) is 1.33. The molecule has 0 radical (unpaired) electrons. The Hall–Kier alpha value is -0.0600. The Kier molecular flexibility index (Phi) is 8.00. The number of rotatable bonds is 7. The van der Waals surface area contributed by atoms with Gasteiger partial charge in [-0.1, -0.05) is 6.42 Å². The highest BCUT2D eigenvalue weighted by Gasteiger charge is 1.91. The number of nitrogens with two attached hydrogens (primary N) is 1. The number of hydrogen-bond acceptors (Lipinski definition) is 3. The van der Waals surface area contributed by atoms with Gasteiger partial charge in [0.2, 0.25) is 0 Å². The van der Waals surface area contributed by atoms with E-state index in [1.165, 1.54) is 0 Å². The van der Waals surface area contributed by atoms with E-state index in [1.54, 1.807) is 0 Å². The van der Waals surface area contributed by atoms with Gasteiger partial charge in [-0.05, 0) is 25.9 Å². The standard InChI is InChI=1S/C7H16N2OS/c8-4-2-1-3-5-9-6-7(10)11/h9H,1-6,8H2,(H,10,11). The summed E-state index contributed by atoms with van der Waals surface area (Å²) in [7, 11) is 0. The molecular formula is C7H16N2OS. The maximum absolute atomic E-state index is 10.3. The van der Waals surface area contributed by atoms with Crippen LogP contribution in [0.5, 0.6) is 0 Å². The fraction of sp³-hybridized carbons (Fsp3) is 0.857. The van der Waals surface area contributed by atoms with E-state index in [4.69, 9.17) is 5.73 Å². The smallest absolute Gasteiger partial charge is 0.199 e. The fourth-order valence-electron chi connectivity index (χ4n) is 0.766. The van der Waals surface area contributed by atoms with E-state index in [0.29, 0.717) is 6.54 Å². The Morgan fingerprint density at radius 1 is 1.36 bits per heavy atom. The summed E-state index contributed by atoms with van der Waals surface area (Å²) in [5.41, 5.74) is 5.30. The molecule has 0 aliphatic carbocycles. The Bertz CT molecular complexity index is 109. The highest BCUT2D eigenvalue weighted by Crippen LogP contribution is 1.90. The Labute approximate surface area is 73.1 Å². The molecule has 0 atom stereocenters. The average molecular weight is 176 g/mol. The topological polar surface area (TPSA) is 55.1 Å². The second kappa shape index (κ2) is 8.04. The SMILES string of the molecule is NCCCCCNCC(=O)S. The molecule has 0 saturated heterocycles. The zero-order valence-corrected chi connectivity index (χ0v) is 7.57. The van der Waals surface area contributed by atoms with E-state index in [-0.39, 0.29) is 5.12 Å². The Balaban J connectivity index is 2.85. The van der Waals surface area contributed by atoms with E-state index >= 15 is 0 Å². The van der Waals surface area contributed by atoms with Gasteiger partial charge in [0.1, 0.15) is 0 Å². The van der Waals surface area contributed by atoms with Gasteiger partial charge in [-0.3, -0.25) is 4.79 Å². The zero-order chi connectivity index (χ0) is 8.53. The summed E-state index contributed by atoms with van der Waals surface area (Å²) in [5, 5.41) is 2.87. The van der Waals surface area contributed by atoms with Crippen LogP contribution >= 0.6 is 12.6 Å². The van der Waals surface area contributed by atoms with E-state index in [1.807, 2.05) is 0 Å². The average Bonchev–Trinajstić information content (AvgIpc) is 1.96. The molecule has 0 spiro atoms. The molecule has 0 aromatic carbocycles. The van der Waals surface area contributed by atoms with Crippen LogP contribution in [0.3, 0.4) is 0 Å². The van der Waals surface area contributed by atoms with Crippen LogP contribution in [-0.4, -0.2) is 24.7 Å². The van der Waals surface area contributed by atoms with Gasteiger partial charge in [-0.25, -0.2) is 0 Å². The second-order valence-electron chi connectivity index (χ2n) is 2.42. The number of unbranched alkanes of at least 4 members (excludes halogenated alkanes) is 2. The van der Waals surface area contributed by atoms with Crippen LogP contribution in [0.25, 0.3) is 0 Å². The molecule has 4 heteroatoms. The van der Waals surface area contributed by atoms with Gasteiger partial charge in [0.05, 0.1) is 6.54 Å². The third kappa shape index (κ3) is 9.94. The quantitative estimate of drug-likeness (QED) is 0.382. The lowest BCUT2D eigenvalue weighted by atomic mass is 10.2. The van der Waals surface area contributed by atoms with E-state index in [0.717, 1.165) is 32.4 Å². The number of nitrogens with one attached hydrogen (secondary N) is 1. The summed E-state index contributed by atoms with van der Waals surface area (Å²) in [5.74, 6) is 0. The van der Waals surface area contributed by atoms with Crippen LogP contribution in [0.1, 0.15) is 19.3 Å². The van der Waals surface area contributed by atoms with E-state index in [9.17, 15) is 4.79 Å². The first-order chi connectivity index (χ1) is 5.27. The Morgan fingerprint density at radius 2 is 2.09 bits per heavy atom. The molecule has 66 valence electrons. The molecule has 11 heavy (non-hydrogen) atoms. The predicted molar refractivity (Wildman–Crippen MR) is 49.8 cm³/mol. The van der Waals surface area contributed by atoms with Gasteiger partial charge in [0.25, 0.3) is 0 Å². The lowest BCUT2D eigenvalue weighted by Crippen LogP contribution is -2.21. The second-order valence-corrected chi connectivity index (χ2v) is 2.92. The molecule has 0 rings (SSSR count). The van der Waals surface area contributed by atoms with Crippen molar-refractivity contribution >= 4 is 17.7 Å². The minimum atomic E-state index is -0.108. The van der Waals surface area contributed by atoms with Crippen molar-refractivity contribution in [2.45, 2.75) is 19.3 Å². The molecule has 0 aromatic rings. The minimum Gasteiger partial charge on any atom is -0.330 e. The van der Waals surface area contributed by atoms with Gasteiger partial charge in [-0.2, -0.15) is 0 Å². The van der Waals surface area contributed by atoms with Crippen molar-refractivity contribution in [3.05, 3.63) is 0 Å². The zero-order valence-electron chi connectivity index (χ0n) is 6.68. The summed E-state index contributed by atoms with van der Waals surface area (Å²) < 4.78 is 0. The normalized spacial score (nSPS) is 10.0. The molecule has 0 fully saturated rings. The number of thiol groups is 1. The molecule has 0 aliphatic rings. The van der Waals surface area contributed by atoms with Gasteiger partial charge in [0.15, 0.2) is 5.12 Å². The van der Waals surface area contributed by atoms with Crippen LogP contribution in [0.15, 0.2) is 0 Å². The number of carbonyl (C=O) groups excluding carboxylic acids is 1. The monoisotopic (exact) mass is 176 g/mol. The molecule has 0 amide bonds. The van der Waals surface area contributed by atoms with Crippen molar-refractivity contribution in [3.8, 4) is 0 Å². The lowest BCUT2D eigenvalue weighted by Gasteiger charge is -2.00. The number of carbonyl (C=O) groups is 1. The molecule has 0 unspecified atom stereocenters. The first-order valence-electron chi connectivity index (χ1n) is 3.90. The van der Waals surface area contributed by atoms with Crippen molar-refractivity contribution in [3.63, 3.8) is 0 Å². The summed E-state index contributed by atoms with van der Waals surface area (Å²) in [6.07, 6.45) is 3.28. The van der Waals surface area contributed by atoms with Crippen molar-refractivity contribution in [2.24, 2.45) is 5.73 Å². The van der Waals surface area contributed by atoms with Crippen molar-refractivity contribution in [1.82, 2.24) is 5.32 Å². The minimum absolute atomic E-state index is 0.108.